The zero-order valence-corrected chi connectivity index (χ0v) is 39.2. The lowest BCUT2D eigenvalue weighted by atomic mass is 9.76. The van der Waals surface area contributed by atoms with Gasteiger partial charge in [-0.25, -0.2) is 14.6 Å². The topological polar surface area (TPSA) is 273 Å². The maximum Gasteiger partial charge on any atom is 0.333 e. The zero-order chi connectivity index (χ0) is 49.3. The minimum absolute atomic E-state index is 0.0972. The van der Waals surface area contributed by atoms with Crippen molar-refractivity contribution < 1.29 is 57.6 Å². The summed E-state index contributed by atoms with van der Waals surface area (Å²) in [5.74, 6) is -2.98. The van der Waals surface area contributed by atoms with Crippen LogP contribution in [0.1, 0.15) is 53.5 Å². The van der Waals surface area contributed by atoms with E-state index in [0.29, 0.717) is 96.8 Å². The molecule has 0 spiro atoms. The average molecular weight is 956 g/mol. The number of benzene rings is 3. The number of carboxylic acids is 1. The number of aliphatic carboxylic acids is 1. The van der Waals surface area contributed by atoms with E-state index >= 15 is 0 Å². The van der Waals surface area contributed by atoms with Crippen molar-refractivity contribution in [1.82, 2.24) is 36.6 Å². The summed E-state index contributed by atoms with van der Waals surface area (Å²) in [4.78, 5) is 77.0. The number of ketones is 1. The second-order valence-corrected chi connectivity index (χ2v) is 17.2. The number of ether oxygens (including phenoxy) is 5. The van der Waals surface area contributed by atoms with E-state index in [0.717, 1.165) is 5.69 Å². The van der Waals surface area contributed by atoms with Gasteiger partial charge in [0.05, 0.1) is 75.4 Å². The molecule has 5 amide bonds. The van der Waals surface area contributed by atoms with Crippen molar-refractivity contribution in [3.8, 4) is 28.3 Å². The molecule has 3 aromatic carbocycles. The van der Waals surface area contributed by atoms with Crippen LogP contribution in [0.15, 0.2) is 66.7 Å². The third-order valence-corrected chi connectivity index (χ3v) is 11.3. The Hall–Kier alpha value is -6.91. The lowest BCUT2D eigenvalue weighted by molar-refractivity contribution is -0.140. The van der Waals surface area contributed by atoms with Crippen LogP contribution in [0.4, 0.5) is 16.2 Å². The van der Waals surface area contributed by atoms with Crippen LogP contribution < -0.4 is 36.7 Å². The third-order valence-electron chi connectivity index (χ3n) is 11.3. The van der Waals surface area contributed by atoms with Crippen LogP contribution in [0, 0.1) is 11.3 Å². The standard InChI is InChI=1S/C48H61N9O12/c1-48(2,3)35(28-37(46(62)63)52-44(60)31-8-12-32(49-4)13-9-31)45(61)51-17-21-66-25-27-68-26-24-65-20-16-50-38(58)29-69-33-14-10-30(11-15-33)41-40-42(55-54-41)34-6-5-7-36(39(34)43(40)59)53-47(64)56-57-18-22-67-23-19-57/h5-15,35,37,49H,16-29H2,1-4H3,(H,50,58)(H,51,61)(H,52,60)(H,54,55)(H,62,63)(H2,53,56,64)/t35?,37-/m0/s1. The Bertz CT molecular complexity index is 2400. The molecule has 1 aliphatic carbocycles. The van der Waals surface area contributed by atoms with Crippen molar-refractivity contribution in [3.05, 3.63) is 83.4 Å². The normalized spacial score (nSPS) is 14.2. The van der Waals surface area contributed by atoms with Gasteiger partial charge in [-0.05, 0) is 66.4 Å². The number of hydrogen-bond donors (Lipinski definition) is 8. The number of anilines is 2. The first-order valence-electron chi connectivity index (χ1n) is 22.7. The van der Waals surface area contributed by atoms with Gasteiger partial charge in [-0.2, -0.15) is 5.10 Å². The molecule has 0 bridgehead atoms. The van der Waals surface area contributed by atoms with Crippen molar-refractivity contribution in [2.24, 2.45) is 11.3 Å². The van der Waals surface area contributed by atoms with Crippen LogP contribution in [0.25, 0.3) is 22.5 Å². The average Bonchev–Trinajstić information content (AvgIpc) is 3.90. The minimum atomic E-state index is -1.28. The van der Waals surface area contributed by atoms with Gasteiger partial charge in [0, 0.05) is 61.5 Å². The Morgan fingerprint density at radius 3 is 2.13 bits per heavy atom. The number of nitrogens with zero attached hydrogens (tertiary/aromatic N) is 2. The number of carbonyl (C=O) groups is 6. The Labute approximate surface area is 399 Å². The van der Waals surface area contributed by atoms with Gasteiger partial charge in [0.1, 0.15) is 17.5 Å². The zero-order valence-electron chi connectivity index (χ0n) is 39.2. The first-order valence-corrected chi connectivity index (χ1v) is 22.7. The quantitative estimate of drug-likeness (QED) is 0.0390. The number of hydrazine groups is 1. The lowest BCUT2D eigenvalue weighted by Crippen LogP contribution is -2.49. The number of carboxylic acid groups (broad SMARTS) is 1. The van der Waals surface area contributed by atoms with Gasteiger partial charge in [0.15, 0.2) is 12.4 Å². The molecule has 69 heavy (non-hydrogen) atoms. The highest BCUT2D eigenvalue weighted by Crippen LogP contribution is 2.43. The molecule has 21 heteroatoms. The fraction of sp³-hybridized carbons (Fsp3) is 0.438. The number of nitrogens with one attached hydrogen (secondary N) is 7. The number of carbonyl (C=O) groups excluding carboxylic acids is 5. The van der Waals surface area contributed by atoms with Gasteiger partial charge in [-0.15, -0.1) is 0 Å². The van der Waals surface area contributed by atoms with E-state index in [1.54, 1.807) is 78.8 Å². The smallest absolute Gasteiger partial charge is 0.333 e. The molecule has 6 rings (SSSR count). The summed E-state index contributed by atoms with van der Waals surface area (Å²) in [6.45, 7) is 9.56. The van der Waals surface area contributed by atoms with Crippen LogP contribution >= 0.6 is 0 Å². The lowest BCUT2D eigenvalue weighted by Gasteiger charge is -2.31. The number of rotatable bonds is 25. The highest BCUT2D eigenvalue weighted by Gasteiger charge is 2.37. The highest BCUT2D eigenvalue weighted by atomic mass is 16.5. The summed E-state index contributed by atoms with van der Waals surface area (Å²) in [5, 5.41) is 32.9. The Kier molecular flexibility index (Phi) is 18.6. The molecule has 1 saturated heterocycles. The molecule has 21 nitrogen and oxygen atoms in total. The number of aromatic amines is 1. The number of H-pyrrole nitrogens is 1. The van der Waals surface area contributed by atoms with Gasteiger partial charge in [-0.1, -0.05) is 32.9 Å². The van der Waals surface area contributed by atoms with Crippen LogP contribution in [0.2, 0.25) is 0 Å². The van der Waals surface area contributed by atoms with Gasteiger partial charge >= 0.3 is 12.0 Å². The first kappa shape index (κ1) is 51.5. The van der Waals surface area contributed by atoms with Gasteiger partial charge in [0.25, 0.3) is 11.8 Å². The molecule has 1 aliphatic heterocycles. The Balaban J connectivity index is 0.806. The van der Waals surface area contributed by atoms with Crippen molar-refractivity contribution in [2.75, 3.05) is 103 Å². The van der Waals surface area contributed by atoms with Crippen molar-refractivity contribution >= 4 is 46.9 Å². The molecule has 1 aromatic heterocycles. The van der Waals surface area contributed by atoms with Crippen LogP contribution in [-0.4, -0.2) is 155 Å². The van der Waals surface area contributed by atoms with Gasteiger partial charge in [-0.3, -0.25) is 29.7 Å². The SMILES string of the molecule is CNc1ccc(C(=O)N[C@@H](CC(C(=O)NCCOCCOCCOCCNC(=O)COc2ccc(-c3n[nH]c4c3C(=O)c3c(NC(=O)NN5CCOCC5)cccc3-4)cc2)C(C)(C)C)C(=O)O)cc1. The molecule has 0 radical (unpaired) electrons. The molecule has 0 saturated carbocycles. The van der Waals surface area contributed by atoms with Gasteiger partial charge < -0.3 is 55.4 Å². The molecular weight excluding hydrogens is 895 g/mol. The molecule has 8 N–H and O–H groups in total. The molecule has 4 aromatic rings. The fourth-order valence-electron chi connectivity index (χ4n) is 7.59. The predicted molar refractivity (Wildman–Crippen MR) is 254 cm³/mol. The highest BCUT2D eigenvalue weighted by molar-refractivity contribution is 6.27. The van der Waals surface area contributed by atoms with Crippen LogP contribution in [0.5, 0.6) is 5.75 Å². The Morgan fingerprint density at radius 2 is 1.49 bits per heavy atom. The predicted octanol–water partition coefficient (Wildman–Crippen LogP) is 3.30. The number of hydrogen-bond acceptors (Lipinski definition) is 14. The van der Waals surface area contributed by atoms with Crippen LogP contribution in [0.3, 0.4) is 0 Å². The number of fused-ring (bicyclic) bond motifs is 3. The number of urea groups is 1. The van der Waals surface area contributed by atoms with Crippen molar-refractivity contribution in [1.29, 1.82) is 0 Å². The summed E-state index contributed by atoms with van der Waals surface area (Å²) in [5.41, 5.74) is 6.79. The van der Waals surface area contributed by atoms with E-state index in [1.807, 2.05) is 20.8 Å². The molecule has 2 atom stereocenters. The summed E-state index contributed by atoms with van der Waals surface area (Å²) < 4.78 is 27.6. The number of amides is 5. The molecule has 1 fully saturated rings. The summed E-state index contributed by atoms with van der Waals surface area (Å²) in [7, 11) is 1.75. The molecular formula is C48H61N9O12. The second kappa shape index (κ2) is 24.9. The van der Waals surface area contributed by atoms with Gasteiger partial charge in [0.2, 0.25) is 5.91 Å². The van der Waals surface area contributed by atoms with Crippen LogP contribution in [-0.2, 0) is 33.3 Å². The molecule has 370 valence electrons. The number of aromatic nitrogens is 2. The molecule has 1 unspecified atom stereocenters. The van der Waals surface area contributed by atoms with E-state index in [4.69, 9.17) is 23.7 Å². The first-order chi connectivity index (χ1) is 33.2. The number of morpholine rings is 1. The minimum Gasteiger partial charge on any atom is -0.484 e. The Morgan fingerprint density at radius 1 is 0.841 bits per heavy atom. The second-order valence-electron chi connectivity index (χ2n) is 17.2. The van der Waals surface area contributed by atoms with E-state index in [1.165, 1.54) is 0 Å². The van der Waals surface area contributed by atoms with E-state index in [9.17, 15) is 33.9 Å². The van der Waals surface area contributed by atoms with E-state index < -0.39 is 35.3 Å². The monoisotopic (exact) mass is 955 g/mol. The fourth-order valence-corrected chi connectivity index (χ4v) is 7.59. The summed E-state index contributed by atoms with van der Waals surface area (Å²) in [6.07, 6.45) is -0.0972. The molecule has 2 aliphatic rings. The third kappa shape index (κ3) is 14.5. The van der Waals surface area contributed by atoms with E-state index in [-0.39, 0.29) is 63.5 Å². The summed E-state index contributed by atoms with van der Waals surface area (Å²) >= 11 is 0. The maximum absolute atomic E-state index is 13.8. The van der Waals surface area contributed by atoms with E-state index in [2.05, 4.69) is 42.2 Å². The largest absolute Gasteiger partial charge is 0.484 e. The van der Waals surface area contributed by atoms with Crippen molar-refractivity contribution in [2.45, 2.75) is 33.2 Å². The van der Waals surface area contributed by atoms with Crippen molar-refractivity contribution in [3.63, 3.8) is 0 Å². The summed E-state index contributed by atoms with van der Waals surface area (Å²) in [6, 6.07) is 17.0. The maximum atomic E-state index is 13.8. The molecule has 2 heterocycles.